The van der Waals surface area contributed by atoms with Gasteiger partial charge in [0.1, 0.15) is 11.9 Å². The molecule has 1 aromatic rings. The maximum atomic E-state index is 11.9. The molecular formula is C13H17N3O2. The largest absolute Gasteiger partial charge is 0.462 e. The molecule has 2 fully saturated rings. The Balaban J connectivity index is 1.95. The van der Waals surface area contributed by atoms with Crippen molar-refractivity contribution >= 4 is 5.97 Å². The summed E-state index contributed by atoms with van der Waals surface area (Å²) in [7, 11) is 0. The molecule has 5 nitrogen and oxygen atoms in total. The number of aromatic nitrogens is 2. The predicted molar refractivity (Wildman–Crippen MR) is 65.3 cm³/mol. The summed E-state index contributed by atoms with van der Waals surface area (Å²) >= 11 is 0. The van der Waals surface area contributed by atoms with E-state index in [1.807, 2.05) is 6.92 Å². The van der Waals surface area contributed by atoms with Crippen LogP contribution in [0.2, 0.25) is 0 Å². The molecule has 0 radical (unpaired) electrons. The van der Waals surface area contributed by atoms with Gasteiger partial charge in [-0.1, -0.05) is 0 Å². The number of rotatable bonds is 3. The first-order valence-electron chi connectivity index (χ1n) is 6.46. The van der Waals surface area contributed by atoms with Crippen LogP contribution in [0.5, 0.6) is 0 Å². The quantitative estimate of drug-likeness (QED) is 0.804. The van der Waals surface area contributed by atoms with E-state index in [-0.39, 0.29) is 11.4 Å². The number of esters is 1. The molecule has 18 heavy (non-hydrogen) atoms. The van der Waals surface area contributed by atoms with Gasteiger partial charge in [-0.15, -0.1) is 0 Å². The van der Waals surface area contributed by atoms with Gasteiger partial charge in [0.15, 0.2) is 0 Å². The van der Waals surface area contributed by atoms with Crippen molar-refractivity contribution < 1.29 is 9.53 Å². The average Bonchev–Trinajstić information content (AvgIpc) is 3.14. The first kappa shape index (κ1) is 11.6. The Morgan fingerprint density at radius 2 is 2.56 bits per heavy atom. The average molecular weight is 247 g/mol. The Hall–Kier alpha value is -1.49. The summed E-state index contributed by atoms with van der Waals surface area (Å²) in [6.45, 7) is 4.15. The molecule has 96 valence electrons. The highest BCUT2D eigenvalue weighted by Crippen LogP contribution is 2.57. The van der Waals surface area contributed by atoms with E-state index in [2.05, 4.69) is 15.3 Å². The fourth-order valence-electron chi connectivity index (χ4n) is 3.02. The van der Waals surface area contributed by atoms with E-state index in [1.165, 1.54) is 6.33 Å². The monoisotopic (exact) mass is 247 g/mol. The summed E-state index contributed by atoms with van der Waals surface area (Å²) in [5.41, 5.74) is 1.45. The van der Waals surface area contributed by atoms with Crippen LogP contribution in [-0.2, 0) is 10.2 Å². The van der Waals surface area contributed by atoms with Crippen molar-refractivity contribution in [2.24, 2.45) is 5.92 Å². The summed E-state index contributed by atoms with van der Waals surface area (Å²) in [5.74, 6) is 0.348. The standard InChI is InChI=1S/C13H17N3O2/c1-2-18-12(17)10-6-15-8-16-11(10)13-5-9(13)3-4-14-7-13/h6,8-9,14H,2-5,7H2,1H3. The number of hydrogen-bond donors (Lipinski definition) is 1. The van der Waals surface area contributed by atoms with Gasteiger partial charge < -0.3 is 10.1 Å². The molecule has 2 atom stereocenters. The van der Waals surface area contributed by atoms with E-state index >= 15 is 0 Å². The van der Waals surface area contributed by atoms with Crippen molar-refractivity contribution in [2.45, 2.75) is 25.2 Å². The highest BCUT2D eigenvalue weighted by atomic mass is 16.5. The zero-order valence-electron chi connectivity index (χ0n) is 10.5. The van der Waals surface area contributed by atoms with Gasteiger partial charge in [0.25, 0.3) is 0 Å². The third-order valence-corrected chi connectivity index (χ3v) is 4.02. The summed E-state index contributed by atoms with van der Waals surface area (Å²) in [6, 6.07) is 0. The van der Waals surface area contributed by atoms with Crippen LogP contribution < -0.4 is 5.32 Å². The minimum absolute atomic E-state index is 0.0449. The van der Waals surface area contributed by atoms with Crippen molar-refractivity contribution in [3.05, 3.63) is 23.8 Å². The number of fused-ring (bicyclic) bond motifs is 1. The summed E-state index contributed by atoms with van der Waals surface area (Å²) < 4.78 is 5.08. The molecule has 0 bridgehead atoms. The fraction of sp³-hybridized carbons (Fsp3) is 0.615. The molecule has 3 rings (SSSR count). The van der Waals surface area contributed by atoms with Crippen molar-refractivity contribution in [2.75, 3.05) is 19.7 Å². The Morgan fingerprint density at radius 1 is 1.67 bits per heavy atom. The molecule has 2 heterocycles. The first-order chi connectivity index (χ1) is 8.78. The van der Waals surface area contributed by atoms with Crippen molar-refractivity contribution in [1.82, 2.24) is 15.3 Å². The topological polar surface area (TPSA) is 64.1 Å². The van der Waals surface area contributed by atoms with Crippen LogP contribution in [0.25, 0.3) is 0 Å². The summed E-state index contributed by atoms with van der Waals surface area (Å²) in [4.78, 5) is 20.3. The van der Waals surface area contributed by atoms with E-state index in [0.717, 1.165) is 31.6 Å². The minimum atomic E-state index is -0.307. The van der Waals surface area contributed by atoms with Gasteiger partial charge in [-0.2, -0.15) is 0 Å². The van der Waals surface area contributed by atoms with Crippen molar-refractivity contribution in [3.8, 4) is 0 Å². The van der Waals surface area contributed by atoms with Crippen molar-refractivity contribution in [3.63, 3.8) is 0 Å². The van der Waals surface area contributed by atoms with Gasteiger partial charge in [0.2, 0.25) is 0 Å². The number of hydrogen-bond acceptors (Lipinski definition) is 5. The zero-order chi connectivity index (χ0) is 12.6. The molecule has 0 amide bonds. The molecule has 0 spiro atoms. The Kier molecular flexibility index (Phi) is 2.78. The summed E-state index contributed by atoms with van der Waals surface area (Å²) in [5, 5.41) is 3.40. The van der Waals surface area contributed by atoms with Gasteiger partial charge in [0.05, 0.1) is 12.3 Å². The molecule has 1 aromatic heterocycles. The molecule has 1 saturated carbocycles. The molecule has 1 N–H and O–H groups in total. The second-order valence-corrected chi connectivity index (χ2v) is 5.03. The van der Waals surface area contributed by atoms with Gasteiger partial charge >= 0.3 is 5.97 Å². The molecular weight excluding hydrogens is 230 g/mol. The normalized spacial score (nSPS) is 29.5. The molecule has 1 aliphatic carbocycles. The summed E-state index contributed by atoms with van der Waals surface area (Å²) in [6.07, 6.45) is 5.38. The fourth-order valence-corrected chi connectivity index (χ4v) is 3.02. The van der Waals surface area contributed by atoms with E-state index in [1.54, 1.807) is 6.20 Å². The first-order valence-corrected chi connectivity index (χ1v) is 6.46. The maximum absolute atomic E-state index is 11.9. The molecule has 0 aromatic carbocycles. The smallest absolute Gasteiger partial charge is 0.341 e. The lowest BCUT2D eigenvalue weighted by atomic mass is 9.91. The number of carbonyl (C=O) groups excluding carboxylic acids is 1. The number of nitrogens with zero attached hydrogens (tertiary/aromatic N) is 2. The third-order valence-electron chi connectivity index (χ3n) is 4.02. The van der Waals surface area contributed by atoms with E-state index in [0.29, 0.717) is 18.1 Å². The van der Waals surface area contributed by atoms with Crippen LogP contribution >= 0.6 is 0 Å². The maximum Gasteiger partial charge on any atom is 0.341 e. The van der Waals surface area contributed by atoms with Crippen LogP contribution in [0.15, 0.2) is 12.5 Å². The van der Waals surface area contributed by atoms with Crippen LogP contribution in [-0.4, -0.2) is 35.6 Å². The minimum Gasteiger partial charge on any atom is -0.462 e. The second kappa shape index (κ2) is 4.31. The molecule has 2 aliphatic rings. The molecule has 5 heteroatoms. The lowest BCUT2D eigenvalue weighted by Crippen LogP contribution is -2.36. The van der Waals surface area contributed by atoms with E-state index in [4.69, 9.17) is 4.74 Å². The molecule has 1 saturated heterocycles. The van der Waals surface area contributed by atoms with Gasteiger partial charge in [-0.05, 0) is 32.2 Å². The highest BCUT2D eigenvalue weighted by molar-refractivity contribution is 5.90. The predicted octanol–water partition coefficient (Wildman–Crippen LogP) is 0.904. The Labute approximate surface area is 106 Å². The third kappa shape index (κ3) is 1.70. The van der Waals surface area contributed by atoms with Crippen LogP contribution in [0.4, 0.5) is 0 Å². The van der Waals surface area contributed by atoms with E-state index in [9.17, 15) is 4.79 Å². The lowest BCUT2D eigenvalue weighted by molar-refractivity contribution is 0.0522. The van der Waals surface area contributed by atoms with Gasteiger partial charge in [0, 0.05) is 18.2 Å². The molecule has 2 unspecified atom stereocenters. The van der Waals surface area contributed by atoms with E-state index < -0.39 is 0 Å². The number of carbonyl (C=O) groups is 1. The SMILES string of the molecule is CCOC(=O)c1cncnc1C12CNCCC1C2. The van der Waals surface area contributed by atoms with Crippen LogP contribution in [0.3, 0.4) is 0 Å². The zero-order valence-corrected chi connectivity index (χ0v) is 10.5. The van der Waals surface area contributed by atoms with Gasteiger partial charge in [-0.3, -0.25) is 0 Å². The Bertz CT molecular complexity index is 477. The number of nitrogens with one attached hydrogen (secondary N) is 1. The van der Waals surface area contributed by atoms with Gasteiger partial charge in [-0.25, -0.2) is 14.8 Å². The lowest BCUT2D eigenvalue weighted by Gasteiger charge is -2.23. The van der Waals surface area contributed by atoms with Crippen molar-refractivity contribution in [1.29, 1.82) is 0 Å². The number of piperidine rings is 1. The molecule has 1 aliphatic heterocycles. The Morgan fingerprint density at radius 3 is 3.33 bits per heavy atom. The van der Waals surface area contributed by atoms with Crippen LogP contribution in [0, 0.1) is 5.92 Å². The highest BCUT2D eigenvalue weighted by Gasteiger charge is 2.58. The number of ether oxygens (including phenoxy) is 1. The van der Waals surface area contributed by atoms with Crippen LogP contribution in [0.1, 0.15) is 35.8 Å². The second-order valence-electron chi connectivity index (χ2n) is 5.03.